The fourth-order valence-corrected chi connectivity index (χ4v) is 2.68. The molecule has 1 aliphatic rings. The zero-order chi connectivity index (χ0) is 17.9. The first-order chi connectivity index (χ1) is 11.4. The number of hydrogen-bond acceptors (Lipinski definition) is 6. The van der Waals surface area contributed by atoms with Crippen LogP contribution in [0.25, 0.3) is 0 Å². The molecule has 9 heteroatoms. The minimum atomic E-state index is -1.31. The number of aliphatic carboxylic acids is 2. The van der Waals surface area contributed by atoms with Crippen LogP contribution in [0.2, 0.25) is 0 Å². The van der Waals surface area contributed by atoms with Crippen molar-refractivity contribution in [1.82, 2.24) is 0 Å². The number of carboxylic acids is 2. The van der Waals surface area contributed by atoms with E-state index in [1.807, 2.05) is 0 Å². The van der Waals surface area contributed by atoms with E-state index in [1.54, 1.807) is 24.3 Å². The lowest BCUT2D eigenvalue weighted by molar-refractivity contribution is -0.140. The second kappa shape index (κ2) is 7.18. The molecule has 1 saturated carbocycles. The van der Waals surface area contributed by atoms with Crippen molar-refractivity contribution in [2.24, 2.45) is 23.5 Å². The van der Waals surface area contributed by atoms with E-state index in [2.05, 4.69) is 5.32 Å². The SMILES string of the molecule is COc1ccccc1NC(=O)OC[C@@H]1[C@@H](C(=O)O)[C@@H]1[C@@H](N)C(=O)O. The number of nitrogens with two attached hydrogens (primary N) is 1. The largest absolute Gasteiger partial charge is 0.495 e. The predicted octanol–water partition coefficient (Wildman–Crippen LogP) is 0.602. The van der Waals surface area contributed by atoms with Crippen molar-refractivity contribution < 1.29 is 34.1 Å². The maximum Gasteiger partial charge on any atom is 0.411 e. The number of hydrogen-bond donors (Lipinski definition) is 4. The molecular weight excluding hydrogens is 320 g/mol. The Morgan fingerprint density at radius 3 is 2.54 bits per heavy atom. The molecule has 0 heterocycles. The van der Waals surface area contributed by atoms with Gasteiger partial charge < -0.3 is 25.4 Å². The highest BCUT2D eigenvalue weighted by Crippen LogP contribution is 2.48. The maximum absolute atomic E-state index is 11.8. The summed E-state index contributed by atoms with van der Waals surface area (Å²) in [5, 5.41) is 20.4. The van der Waals surface area contributed by atoms with E-state index >= 15 is 0 Å². The lowest BCUT2D eigenvalue weighted by Gasteiger charge is -2.10. The number of para-hydroxylation sites is 2. The first-order valence-corrected chi connectivity index (χ1v) is 7.14. The maximum atomic E-state index is 11.8. The third kappa shape index (κ3) is 3.74. The van der Waals surface area contributed by atoms with E-state index in [9.17, 15) is 14.4 Å². The fourth-order valence-electron chi connectivity index (χ4n) is 2.68. The van der Waals surface area contributed by atoms with E-state index in [4.69, 9.17) is 25.4 Å². The summed E-state index contributed by atoms with van der Waals surface area (Å²) in [5.74, 6) is -4.33. The molecule has 0 aliphatic heterocycles. The van der Waals surface area contributed by atoms with Gasteiger partial charge in [-0.1, -0.05) is 12.1 Å². The van der Waals surface area contributed by atoms with Crippen LogP contribution >= 0.6 is 0 Å². The minimum Gasteiger partial charge on any atom is -0.495 e. The van der Waals surface area contributed by atoms with Gasteiger partial charge >= 0.3 is 18.0 Å². The molecule has 1 aromatic rings. The Labute approximate surface area is 137 Å². The monoisotopic (exact) mass is 338 g/mol. The van der Waals surface area contributed by atoms with Crippen LogP contribution in [0, 0.1) is 17.8 Å². The van der Waals surface area contributed by atoms with Gasteiger partial charge in [0, 0.05) is 11.8 Å². The van der Waals surface area contributed by atoms with Gasteiger partial charge in [0.25, 0.3) is 0 Å². The molecule has 2 rings (SSSR count). The molecule has 24 heavy (non-hydrogen) atoms. The fraction of sp³-hybridized carbons (Fsp3) is 0.400. The van der Waals surface area contributed by atoms with E-state index in [1.165, 1.54) is 7.11 Å². The van der Waals surface area contributed by atoms with Gasteiger partial charge in [-0.2, -0.15) is 0 Å². The number of nitrogens with one attached hydrogen (secondary N) is 1. The third-order valence-corrected chi connectivity index (χ3v) is 3.97. The molecule has 0 bridgehead atoms. The van der Waals surface area contributed by atoms with Gasteiger partial charge in [-0.3, -0.25) is 14.9 Å². The average Bonchev–Trinajstić information content (AvgIpc) is 3.27. The highest BCUT2D eigenvalue weighted by molar-refractivity contribution is 5.87. The number of amides is 1. The Hall–Kier alpha value is -2.81. The van der Waals surface area contributed by atoms with Gasteiger partial charge in [-0.25, -0.2) is 4.79 Å². The molecular formula is C15H18N2O7. The summed E-state index contributed by atoms with van der Waals surface area (Å²) in [6, 6.07) is 5.38. The highest BCUT2D eigenvalue weighted by atomic mass is 16.5. The van der Waals surface area contributed by atoms with Gasteiger partial charge in [-0.15, -0.1) is 0 Å². The molecule has 4 atom stereocenters. The van der Waals surface area contributed by atoms with Crippen LogP contribution < -0.4 is 15.8 Å². The van der Waals surface area contributed by atoms with Crippen molar-refractivity contribution in [2.75, 3.05) is 19.0 Å². The van der Waals surface area contributed by atoms with E-state index in [-0.39, 0.29) is 6.61 Å². The van der Waals surface area contributed by atoms with Crippen molar-refractivity contribution in [2.45, 2.75) is 6.04 Å². The Kier molecular flexibility index (Phi) is 5.24. The number of carboxylic acid groups (broad SMARTS) is 2. The smallest absolute Gasteiger partial charge is 0.411 e. The topological polar surface area (TPSA) is 148 Å². The summed E-state index contributed by atoms with van der Waals surface area (Å²) in [6.07, 6.45) is -0.793. The molecule has 1 aromatic carbocycles. The summed E-state index contributed by atoms with van der Waals surface area (Å²) in [5.41, 5.74) is 5.87. The average molecular weight is 338 g/mol. The molecule has 1 fully saturated rings. The molecule has 9 nitrogen and oxygen atoms in total. The Morgan fingerprint density at radius 2 is 1.96 bits per heavy atom. The second-order valence-electron chi connectivity index (χ2n) is 5.39. The molecule has 130 valence electrons. The Bertz CT molecular complexity index is 648. The minimum absolute atomic E-state index is 0.233. The number of rotatable bonds is 7. The van der Waals surface area contributed by atoms with Crippen molar-refractivity contribution in [3.63, 3.8) is 0 Å². The quantitative estimate of drug-likeness (QED) is 0.565. The zero-order valence-corrected chi connectivity index (χ0v) is 12.8. The summed E-state index contributed by atoms with van der Waals surface area (Å²) in [4.78, 5) is 33.8. The lowest BCUT2D eigenvalue weighted by atomic mass is 10.1. The predicted molar refractivity (Wildman–Crippen MR) is 81.7 cm³/mol. The Balaban J connectivity index is 1.91. The van der Waals surface area contributed by atoms with Gasteiger partial charge in [0.05, 0.1) is 25.3 Å². The van der Waals surface area contributed by atoms with Crippen LogP contribution in [0.4, 0.5) is 10.5 Å². The lowest BCUT2D eigenvalue weighted by Crippen LogP contribution is -2.34. The Morgan fingerprint density at radius 1 is 1.29 bits per heavy atom. The summed E-state index contributed by atoms with van der Waals surface area (Å²) >= 11 is 0. The molecule has 0 radical (unpaired) electrons. The number of carbonyl (C=O) groups excluding carboxylic acids is 1. The molecule has 0 aromatic heterocycles. The van der Waals surface area contributed by atoms with Gasteiger partial charge in [0.15, 0.2) is 0 Å². The van der Waals surface area contributed by atoms with Crippen LogP contribution in [0.5, 0.6) is 5.75 Å². The van der Waals surface area contributed by atoms with Crippen molar-refractivity contribution >= 4 is 23.7 Å². The first kappa shape index (κ1) is 17.5. The van der Waals surface area contributed by atoms with Crippen LogP contribution in [-0.2, 0) is 14.3 Å². The number of ether oxygens (including phenoxy) is 2. The summed E-state index contributed by atoms with van der Waals surface area (Å²) < 4.78 is 10.1. The van der Waals surface area contributed by atoms with Crippen molar-refractivity contribution in [3.8, 4) is 5.75 Å². The standard InChI is InChI=1S/C15H18N2O7/c1-23-9-5-3-2-4-8(9)17-15(22)24-6-7-10(11(7)13(18)19)12(16)14(20)21/h2-5,7,10-12H,6,16H2,1H3,(H,17,22)(H,18,19)(H,20,21)/t7-,10+,11+,12+/m0/s1. The summed E-state index contributed by atoms with van der Waals surface area (Å²) in [6.45, 7) is -0.233. The zero-order valence-electron chi connectivity index (χ0n) is 12.8. The second-order valence-corrected chi connectivity index (χ2v) is 5.39. The number of anilines is 1. The molecule has 0 spiro atoms. The van der Waals surface area contributed by atoms with Crippen LogP contribution in [0.3, 0.4) is 0 Å². The number of benzene rings is 1. The highest BCUT2D eigenvalue weighted by Gasteiger charge is 2.60. The van der Waals surface area contributed by atoms with Gasteiger partial charge in [0.2, 0.25) is 0 Å². The summed E-state index contributed by atoms with van der Waals surface area (Å²) in [7, 11) is 1.45. The van der Waals surface area contributed by atoms with E-state index in [0.29, 0.717) is 11.4 Å². The van der Waals surface area contributed by atoms with Gasteiger partial charge in [-0.05, 0) is 12.1 Å². The van der Waals surface area contributed by atoms with Crippen molar-refractivity contribution in [1.29, 1.82) is 0 Å². The van der Waals surface area contributed by atoms with E-state index < -0.39 is 41.8 Å². The van der Waals surface area contributed by atoms with E-state index in [0.717, 1.165) is 0 Å². The molecule has 5 N–H and O–H groups in total. The molecule has 0 saturated heterocycles. The normalized spacial score (nSPS) is 23.0. The van der Waals surface area contributed by atoms with Crippen LogP contribution in [0.15, 0.2) is 24.3 Å². The molecule has 0 unspecified atom stereocenters. The van der Waals surface area contributed by atoms with Crippen LogP contribution in [-0.4, -0.2) is 48.0 Å². The number of carbonyl (C=O) groups is 3. The molecule has 1 amide bonds. The van der Waals surface area contributed by atoms with Crippen LogP contribution in [0.1, 0.15) is 0 Å². The van der Waals surface area contributed by atoms with Gasteiger partial charge in [0.1, 0.15) is 11.8 Å². The molecule has 1 aliphatic carbocycles. The number of methoxy groups -OCH3 is 1. The first-order valence-electron chi connectivity index (χ1n) is 7.14. The third-order valence-electron chi connectivity index (χ3n) is 3.97. The van der Waals surface area contributed by atoms with Crippen molar-refractivity contribution in [3.05, 3.63) is 24.3 Å².